The fourth-order valence-electron chi connectivity index (χ4n) is 3.66. The minimum absolute atomic E-state index is 0.161. The van der Waals surface area contributed by atoms with Gasteiger partial charge in [-0.1, -0.05) is 12.8 Å². The number of nitrogens with zero attached hydrogens (tertiary/aromatic N) is 2. The average molecular weight is 394 g/mol. The van der Waals surface area contributed by atoms with Crippen molar-refractivity contribution in [2.24, 2.45) is 0 Å². The van der Waals surface area contributed by atoms with Gasteiger partial charge in [0.05, 0.1) is 17.5 Å². The number of sulfonamides is 1. The summed E-state index contributed by atoms with van der Waals surface area (Å²) < 4.78 is 30.4. The highest BCUT2D eigenvalue weighted by Gasteiger charge is 2.25. The first kappa shape index (κ1) is 19.7. The number of likely N-dealkylation sites (tertiary alicyclic amines) is 1. The number of esters is 1. The fourth-order valence-corrected chi connectivity index (χ4v) is 4.65. The number of ether oxygens (including phenoxy) is 1. The maximum atomic E-state index is 12.3. The number of fused-ring (bicyclic) bond motifs is 1. The summed E-state index contributed by atoms with van der Waals surface area (Å²) in [5.74, 6) is -0.719. The van der Waals surface area contributed by atoms with Gasteiger partial charge >= 0.3 is 5.97 Å². The molecule has 2 aliphatic heterocycles. The lowest BCUT2D eigenvalue weighted by atomic mass is 10.0. The Bertz CT molecular complexity index is 813. The highest BCUT2D eigenvalue weighted by atomic mass is 32.2. The molecule has 0 aliphatic carbocycles. The fraction of sp³-hybridized carbons (Fsp3) is 0.579. The van der Waals surface area contributed by atoms with Crippen molar-refractivity contribution < 1.29 is 22.7 Å². The molecule has 0 N–H and O–H groups in total. The summed E-state index contributed by atoms with van der Waals surface area (Å²) in [6.07, 6.45) is 6.81. The van der Waals surface area contributed by atoms with Crippen LogP contribution in [0.3, 0.4) is 0 Å². The van der Waals surface area contributed by atoms with Crippen LogP contribution in [0.25, 0.3) is 0 Å². The second kappa shape index (κ2) is 8.29. The van der Waals surface area contributed by atoms with Gasteiger partial charge in [-0.25, -0.2) is 13.2 Å². The highest BCUT2D eigenvalue weighted by Crippen LogP contribution is 2.30. The van der Waals surface area contributed by atoms with Crippen molar-refractivity contribution in [2.45, 2.75) is 38.5 Å². The molecule has 7 nitrogen and oxygen atoms in total. The van der Waals surface area contributed by atoms with Gasteiger partial charge in [0.25, 0.3) is 5.91 Å². The number of rotatable bonds is 4. The van der Waals surface area contributed by atoms with Crippen LogP contribution in [-0.4, -0.2) is 57.7 Å². The molecule has 1 aromatic carbocycles. The number of anilines is 1. The predicted molar refractivity (Wildman–Crippen MR) is 102 cm³/mol. The summed E-state index contributed by atoms with van der Waals surface area (Å²) in [6, 6.07) is 4.87. The van der Waals surface area contributed by atoms with Crippen LogP contribution in [0.5, 0.6) is 0 Å². The van der Waals surface area contributed by atoms with Crippen LogP contribution in [-0.2, 0) is 26.0 Å². The molecule has 0 atom stereocenters. The zero-order valence-electron chi connectivity index (χ0n) is 15.6. The predicted octanol–water partition coefficient (Wildman–Crippen LogP) is 1.96. The minimum atomic E-state index is -3.34. The zero-order chi connectivity index (χ0) is 19.4. The van der Waals surface area contributed by atoms with E-state index in [0.717, 1.165) is 44.3 Å². The lowest BCUT2D eigenvalue weighted by Crippen LogP contribution is -2.35. The van der Waals surface area contributed by atoms with Crippen LogP contribution < -0.4 is 4.31 Å². The SMILES string of the molecule is CS(=O)(=O)N1CCCc2cc(C(=O)OCC(=O)N3CCCCCC3)ccc21. The van der Waals surface area contributed by atoms with E-state index >= 15 is 0 Å². The minimum Gasteiger partial charge on any atom is -0.452 e. The normalized spacial score (nSPS) is 17.8. The topological polar surface area (TPSA) is 84.0 Å². The third kappa shape index (κ3) is 4.80. The smallest absolute Gasteiger partial charge is 0.338 e. The third-order valence-electron chi connectivity index (χ3n) is 5.08. The first-order chi connectivity index (χ1) is 12.9. The Hall–Kier alpha value is -2.09. The Labute approximate surface area is 160 Å². The second-order valence-electron chi connectivity index (χ2n) is 7.15. The summed E-state index contributed by atoms with van der Waals surface area (Å²) in [7, 11) is -3.34. The Balaban J connectivity index is 1.64. The van der Waals surface area contributed by atoms with Crippen LogP contribution in [0.1, 0.15) is 48.0 Å². The van der Waals surface area contributed by atoms with Crippen LogP contribution in [0.2, 0.25) is 0 Å². The molecule has 8 heteroatoms. The molecule has 0 bridgehead atoms. The van der Waals surface area contributed by atoms with E-state index in [1.165, 1.54) is 10.6 Å². The molecule has 0 radical (unpaired) electrons. The summed E-state index contributed by atoms with van der Waals surface area (Å²) in [4.78, 5) is 26.3. The molecule has 1 saturated heterocycles. The molecule has 1 amide bonds. The molecule has 0 spiro atoms. The van der Waals surface area contributed by atoms with Gasteiger partial charge in [0.1, 0.15) is 0 Å². The van der Waals surface area contributed by atoms with Gasteiger partial charge in [0.15, 0.2) is 6.61 Å². The summed E-state index contributed by atoms with van der Waals surface area (Å²) in [5, 5.41) is 0. The number of carbonyl (C=O) groups is 2. The van der Waals surface area contributed by atoms with Gasteiger partial charge in [-0.15, -0.1) is 0 Å². The average Bonchev–Trinajstić information content (AvgIpc) is 2.93. The Morgan fingerprint density at radius 3 is 2.41 bits per heavy atom. The zero-order valence-corrected chi connectivity index (χ0v) is 16.5. The molecular weight excluding hydrogens is 368 g/mol. The summed E-state index contributed by atoms with van der Waals surface area (Å²) in [5.41, 5.74) is 1.76. The molecule has 2 heterocycles. The van der Waals surface area contributed by atoms with E-state index in [9.17, 15) is 18.0 Å². The molecular formula is C19H26N2O5S. The van der Waals surface area contributed by atoms with Crippen molar-refractivity contribution in [1.82, 2.24) is 4.90 Å². The maximum Gasteiger partial charge on any atom is 0.338 e. The quantitative estimate of drug-likeness (QED) is 0.729. The van der Waals surface area contributed by atoms with E-state index in [2.05, 4.69) is 0 Å². The standard InChI is InChI=1S/C19H26N2O5S/c1-27(24,25)21-12-6-7-15-13-16(8-9-17(15)21)19(23)26-14-18(22)20-10-4-2-3-5-11-20/h8-9,13H,2-7,10-12,14H2,1H3. The van der Waals surface area contributed by atoms with Gasteiger partial charge in [-0.2, -0.15) is 0 Å². The molecule has 0 saturated carbocycles. The van der Waals surface area contributed by atoms with Crippen molar-refractivity contribution in [3.8, 4) is 0 Å². The van der Waals surface area contributed by atoms with E-state index in [-0.39, 0.29) is 12.5 Å². The lowest BCUT2D eigenvalue weighted by molar-refractivity contribution is -0.134. The van der Waals surface area contributed by atoms with Gasteiger partial charge in [0.2, 0.25) is 10.0 Å². The van der Waals surface area contributed by atoms with Crippen LogP contribution in [0.15, 0.2) is 18.2 Å². The third-order valence-corrected chi connectivity index (χ3v) is 6.26. The highest BCUT2D eigenvalue weighted by molar-refractivity contribution is 7.92. The molecule has 0 aromatic heterocycles. The van der Waals surface area contributed by atoms with E-state index in [4.69, 9.17) is 4.74 Å². The number of benzene rings is 1. The van der Waals surface area contributed by atoms with E-state index in [0.29, 0.717) is 30.6 Å². The molecule has 148 valence electrons. The molecule has 1 aromatic rings. The van der Waals surface area contributed by atoms with Crippen molar-refractivity contribution in [2.75, 3.05) is 36.8 Å². The first-order valence-corrected chi connectivity index (χ1v) is 11.3. The van der Waals surface area contributed by atoms with Crippen LogP contribution in [0, 0.1) is 0 Å². The molecule has 0 unspecified atom stereocenters. The lowest BCUT2D eigenvalue weighted by Gasteiger charge is -2.29. The van der Waals surface area contributed by atoms with Crippen LogP contribution >= 0.6 is 0 Å². The van der Waals surface area contributed by atoms with Gasteiger partial charge < -0.3 is 9.64 Å². The molecule has 3 rings (SSSR count). The van der Waals surface area contributed by atoms with E-state index in [1.807, 2.05) is 0 Å². The Morgan fingerprint density at radius 1 is 1.04 bits per heavy atom. The second-order valence-corrected chi connectivity index (χ2v) is 9.06. The largest absolute Gasteiger partial charge is 0.452 e. The van der Waals surface area contributed by atoms with Gasteiger partial charge in [-0.05, 0) is 49.4 Å². The number of hydrogen-bond donors (Lipinski definition) is 0. The van der Waals surface area contributed by atoms with E-state index < -0.39 is 16.0 Å². The Kier molecular flexibility index (Phi) is 6.04. The number of amides is 1. The monoisotopic (exact) mass is 394 g/mol. The number of carbonyl (C=O) groups excluding carboxylic acids is 2. The van der Waals surface area contributed by atoms with Crippen LogP contribution in [0.4, 0.5) is 5.69 Å². The van der Waals surface area contributed by atoms with Gasteiger partial charge in [-0.3, -0.25) is 9.10 Å². The van der Waals surface area contributed by atoms with Crippen molar-refractivity contribution >= 4 is 27.6 Å². The summed E-state index contributed by atoms with van der Waals surface area (Å²) >= 11 is 0. The molecule has 27 heavy (non-hydrogen) atoms. The van der Waals surface area contributed by atoms with Crippen molar-refractivity contribution in [3.05, 3.63) is 29.3 Å². The molecule has 2 aliphatic rings. The number of aryl methyl sites for hydroxylation is 1. The number of hydrogen-bond acceptors (Lipinski definition) is 5. The molecule has 1 fully saturated rings. The van der Waals surface area contributed by atoms with Crippen molar-refractivity contribution in [1.29, 1.82) is 0 Å². The van der Waals surface area contributed by atoms with Gasteiger partial charge in [0, 0.05) is 19.6 Å². The first-order valence-electron chi connectivity index (χ1n) is 9.42. The maximum absolute atomic E-state index is 12.3. The summed E-state index contributed by atoms with van der Waals surface area (Å²) in [6.45, 7) is 1.62. The van der Waals surface area contributed by atoms with E-state index in [1.54, 1.807) is 23.1 Å². The van der Waals surface area contributed by atoms with Crippen molar-refractivity contribution in [3.63, 3.8) is 0 Å². The Morgan fingerprint density at radius 2 is 1.74 bits per heavy atom.